The van der Waals surface area contributed by atoms with E-state index in [1.807, 2.05) is 0 Å². The van der Waals surface area contributed by atoms with E-state index >= 15 is 0 Å². The highest BCUT2D eigenvalue weighted by Crippen LogP contribution is 2.22. The van der Waals surface area contributed by atoms with Gasteiger partial charge in [-0.05, 0) is 24.3 Å². The second-order valence-electron chi connectivity index (χ2n) is 4.00. The van der Waals surface area contributed by atoms with E-state index in [-0.39, 0.29) is 27.6 Å². The molecule has 0 aromatic heterocycles. The van der Waals surface area contributed by atoms with Crippen LogP contribution >= 0.6 is 12.2 Å². The molecule has 0 bridgehead atoms. The molecule has 0 heterocycles. The van der Waals surface area contributed by atoms with Crippen LogP contribution in [0.2, 0.25) is 0 Å². The van der Waals surface area contributed by atoms with E-state index in [9.17, 15) is 14.3 Å². The van der Waals surface area contributed by atoms with Gasteiger partial charge in [-0.3, -0.25) is 4.79 Å². The van der Waals surface area contributed by atoms with Crippen molar-refractivity contribution in [3.63, 3.8) is 0 Å². The number of phenols is 1. The van der Waals surface area contributed by atoms with E-state index in [4.69, 9.17) is 18.0 Å². The van der Waals surface area contributed by atoms with Crippen LogP contribution in [0.5, 0.6) is 5.75 Å². The molecule has 2 aromatic rings. The molecule has 6 heteroatoms. The van der Waals surface area contributed by atoms with Crippen molar-refractivity contribution in [3.05, 3.63) is 59.4 Å². The summed E-state index contributed by atoms with van der Waals surface area (Å²) in [6, 6.07) is 10.1. The second kappa shape index (κ2) is 5.66. The fourth-order valence-electron chi connectivity index (χ4n) is 1.73. The summed E-state index contributed by atoms with van der Waals surface area (Å²) in [5, 5.41) is 12.1. The van der Waals surface area contributed by atoms with Crippen molar-refractivity contribution in [1.29, 1.82) is 0 Å². The lowest BCUT2D eigenvalue weighted by Gasteiger charge is -2.11. The molecular formula is C14H11FN2O2S. The Morgan fingerprint density at radius 2 is 1.90 bits per heavy atom. The van der Waals surface area contributed by atoms with Gasteiger partial charge in [0.05, 0.1) is 16.8 Å². The number of carbonyl (C=O) groups excluding carboxylic acids is 1. The summed E-state index contributed by atoms with van der Waals surface area (Å²) in [6.07, 6.45) is 0. The lowest BCUT2D eigenvalue weighted by atomic mass is 10.1. The summed E-state index contributed by atoms with van der Waals surface area (Å²) < 4.78 is 13.7. The Bertz CT molecular complexity index is 689. The van der Waals surface area contributed by atoms with Crippen molar-refractivity contribution in [3.8, 4) is 5.75 Å². The minimum atomic E-state index is -0.618. The van der Waals surface area contributed by atoms with E-state index in [1.54, 1.807) is 12.1 Å². The second-order valence-corrected chi connectivity index (χ2v) is 4.44. The van der Waals surface area contributed by atoms with Crippen molar-refractivity contribution in [2.24, 2.45) is 5.73 Å². The number of carbonyl (C=O) groups is 1. The van der Waals surface area contributed by atoms with Crippen LogP contribution in [0.4, 0.5) is 10.1 Å². The van der Waals surface area contributed by atoms with Crippen LogP contribution < -0.4 is 11.1 Å². The molecule has 1 amide bonds. The first-order valence-electron chi connectivity index (χ1n) is 5.68. The van der Waals surface area contributed by atoms with Crippen molar-refractivity contribution in [2.45, 2.75) is 0 Å². The number of aromatic hydroxyl groups is 1. The van der Waals surface area contributed by atoms with E-state index in [1.165, 1.54) is 30.3 Å². The first-order valence-corrected chi connectivity index (χ1v) is 6.09. The average Bonchev–Trinajstić information content (AvgIpc) is 2.38. The summed E-state index contributed by atoms with van der Waals surface area (Å²) in [6.45, 7) is 0. The van der Waals surface area contributed by atoms with Gasteiger partial charge in [0.25, 0.3) is 5.91 Å². The predicted molar refractivity (Wildman–Crippen MR) is 78.3 cm³/mol. The SMILES string of the molecule is NC(=S)c1c(F)cccc1NC(=O)c1ccccc1O. The van der Waals surface area contributed by atoms with Gasteiger partial charge in [0.2, 0.25) is 0 Å². The number of amides is 1. The molecule has 4 N–H and O–H groups in total. The highest BCUT2D eigenvalue weighted by atomic mass is 32.1. The number of thiocarbonyl (C=S) groups is 1. The minimum Gasteiger partial charge on any atom is -0.507 e. The molecule has 0 saturated carbocycles. The van der Waals surface area contributed by atoms with Crippen LogP contribution in [-0.2, 0) is 0 Å². The Morgan fingerprint density at radius 3 is 2.55 bits per heavy atom. The summed E-state index contributed by atoms with van der Waals surface area (Å²) >= 11 is 4.77. The number of para-hydroxylation sites is 1. The van der Waals surface area contributed by atoms with Crippen molar-refractivity contribution >= 4 is 28.8 Å². The number of halogens is 1. The zero-order valence-corrected chi connectivity index (χ0v) is 11.1. The van der Waals surface area contributed by atoms with Crippen LogP contribution in [-0.4, -0.2) is 16.0 Å². The van der Waals surface area contributed by atoms with Gasteiger partial charge in [0.15, 0.2) is 0 Å². The van der Waals surface area contributed by atoms with Gasteiger partial charge in [-0.2, -0.15) is 0 Å². The monoisotopic (exact) mass is 290 g/mol. The van der Waals surface area contributed by atoms with Gasteiger partial charge >= 0.3 is 0 Å². The van der Waals surface area contributed by atoms with Crippen LogP contribution in [0.3, 0.4) is 0 Å². The Balaban J connectivity index is 2.36. The number of benzene rings is 2. The highest BCUT2D eigenvalue weighted by Gasteiger charge is 2.16. The molecule has 0 fully saturated rings. The predicted octanol–water partition coefficient (Wildman–Crippen LogP) is 2.42. The molecule has 4 nitrogen and oxygen atoms in total. The average molecular weight is 290 g/mol. The third-order valence-corrected chi connectivity index (χ3v) is 2.86. The molecular weight excluding hydrogens is 279 g/mol. The molecule has 2 aromatic carbocycles. The quantitative estimate of drug-likeness (QED) is 0.759. The Kier molecular flexibility index (Phi) is 3.95. The number of hydrogen-bond acceptors (Lipinski definition) is 3. The first kappa shape index (κ1) is 14.0. The molecule has 0 aliphatic carbocycles. The lowest BCUT2D eigenvalue weighted by Crippen LogP contribution is -2.19. The number of phenolic OH excluding ortho intramolecular Hbond substituents is 1. The Hall–Kier alpha value is -2.47. The fraction of sp³-hybridized carbons (Fsp3) is 0. The number of nitrogens with one attached hydrogen (secondary N) is 1. The number of nitrogens with two attached hydrogens (primary N) is 1. The van der Waals surface area contributed by atoms with Crippen molar-refractivity contribution in [2.75, 3.05) is 5.32 Å². The minimum absolute atomic E-state index is 0.0359. The highest BCUT2D eigenvalue weighted by molar-refractivity contribution is 7.80. The van der Waals surface area contributed by atoms with E-state index < -0.39 is 11.7 Å². The zero-order valence-electron chi connectivity index (χ0n) is 10.3. The van der Waals surface area contributed by atoms with Gasteiger partial charge in [-0.15, -0.1) is 0 Å². The Morgan fingerprint density at radius 1 is 1.20 bits per heavy atom. The van der Waals surface area contributed by atoms with Crippen LogP contribution in [0.15, 0.2) is 42.5 Å². The molecule has 0 saturated heterocycles. The summed E-state index contributed by atoms with van der Waals surface area (Å²) in [4.78, 5) is 11.9. The molecule has 20 heavy (non-hydrogen) atoms. The van der Waals surface area contributed by atoms with E-state index in [0.717, 1.165) is 0 Å². The standard InChI is InChI=1S/C14H11FN2O2S/c15-9-5-3-6-10(12(9)13(16)20)17-14(19)8-4-1-2-7-11(8)18/h1-7,18H,(H2,16,20)(H,17,19). The summed E-state index contributed by atoms with van der Waals surface area (Å²) in [5.74, 6) is -1.36. The number of rotatable bonds is 3. The van der Waals surface area contributed by atoms with Crippen LogP contribution in [0, 0.1) is 5.82 Å². The van der Waals surface area contributed by atoms with Crippen molar-refractivity contribution < 1.29 is 14.3 Å². The van der Waals surface area contributed by atoms with Crippen LogP contribution in [0.1, 0.15) is 15.9 Å². The molecule has 0 aliphatic rings. The van der Waals surface area contributed by atoms with Gasteiger partial charge in [0.1, 0.15) is 16.6 Å². The first-order chi connectivity index (χ1) is 9.50. The van der Waals surface area contributed by atoms with Crippen LogP contribution in [0.25, 0.3) is 0 Å². The summed E-state index contributed by atoms with van der Waals surface area (Å²) in [7, 11) is 0. The molecule has 0 unspecified atom stereocenters. The maximum absolute atomic E-state index is 13.7. The van der Waals surface area contributed by atoms with Gasteiger partial charge in [-0.25, -0.2) is 4.39 Å². The molecule has 0 radical (unpaired) electrons. The van der Waals surface area contributed by atoms with Gasteiger partial charge < -0.3 is 16.2 Å². The number of anilines is 1. The molecule has 0 atom stereocenters. The third-order valence-electron chi connectivity index (χ3n) is 2.66. The largest absolute Gasteiger partial charge is 0.507 e. The topological polar surface area (TPSA) is 75.3 Å². The summed E-state index contributed by atoms with van der Waals surface area (Å²) in [5.41, 5.74) is 5.65. The molecule has 0 spiro atoms. The maximum Gasteiger partial charge on any atom is 0.259 e. The Labute approximate surface area is 120 Å². The van der Waals surface area contributed by atoms with Crippen molar-refractivity contribution in [1.82, 2.24) is 0 Å². The fourth-order valence-corrected chi connectivity index (χ4v) is 1.94. The van der Waals surface area contributed by atoms with Gasteiger partial charge in [0, 0.05) is 0 Å². The molecule has 102 valence electrons. The maximum atomic E-state index is 13.7. The molecule has 0 aliphatic heterocycles. The normalized spacial score (nSPS) is 10.1. The lowest BCUT2D eigenvalue weighted by molar-refractivity contribution is 0.102. The zero-order chi connectivity index (χ0) is 14.7. The number of hydrogen-bond donors (Lipinski definition) is 3. The third kappa shape index (κ3) is 2.75. The van der Waals surface area contributed by atoms with E-state index in [2.05, 4.69) is 5.32 Å². The smallest absolute Gasteiger partial charge is 0.259 e. The van der Waals surface area contributed by atoms with E-state index in [0.29, 0.717) is 0 Å². The molecule has 2 rings (SSSR count). The van der Waals surface area contributed by atoms with Gasteiger partial charge in [-0.1, -0.05) is 30.4 Å².